The molecule has 1 aromatic rings. The van der Waals surface area contributed by atoms with E-state index in [-0.39, 0.29) is 0 Å². The molecule has 1 aromatic carbocycles. The predicted octanol–water partition coefficient (Wildman–Crippen LogP) is 1.19. The minimum atomic E-state index is 0.337. The smallest absolute Gasteiger partial charge is 0.115 e. The molecule has 0 spiro atoms. The first-order valence-electron chi connectivity index (χ1n) is 5.44. The van der Waals surface area contributed by atoms with Crippen LogP contribution in [-0.2, 0) is 6.54 Å². The number of likely N-dealkylation sites (N-methyl/N-ethyl adjacent to an activating group) is 1. The fourth-order valence-electron chi connectivity index (χ4n) is 2.03. The number of phenols is 1. The Morgan fingerprint density at radius 1 is 1.40 bits per heavy atom. The van der Waals surface area contributed by atoms with Gasteiger partial charge in [-0.15, -0.1) is 0 Å². The van der Waals surface area contributed by atoms with Gasteiger partial charge in [-0.2, -0.15) is 0 Å². The Labute approximate surface area is 90.7 Å². The summed E-state index contributed by atoms with van der Waals surface area (Å²) in [6.45, 7) is 3.17. The Morgan fingerprint density at radius 3 is 2.73 bits per heavy atom. The third-order valence-corrected chi connectivity index (χ3v) is 3.03. The van der Waals surface area contributed by atoms with E-state index < -0.39 is 0 Å². The third-order valence-electron chi connectivity index (χ3n) is 3.03. The van der Waals surface area contributed by atoms with Gasteiger partial charge in [0, 0.05) is 19.1 Å². The van der Waals surface area contributed by atoms with Crippen molar-refractivity contribution in [3.8, 4) is 5.75 Å². The average molecular weight is 206 g/mol. The molecule has 2 rings (SSSR count). The van der Waals surface area contributed by atoms with Crippen LogP contribution in [0.15, 0.2) is 24.3 Å². The van der Waals surface area contributed by atoms with Crippen molar-refractivity contribution >= 4 is 0 Å². The minimum Gasteiger partial charge on any atom is -0.508 e. The van der Waals surface area contributed by atoms with Crippen LogP contribution in [0.1, 0.15) is 12.0 Å². The molecule has 0 aliphatic carbocycles. The van der Waals surface area contributed by atoms with Crippen LogP contribution in [0.25, 0.3) is 0 Å². The zero-order valence-electron chi connectivity index (χ0n) is 9.11. The molecule has 0 saturated carbocycles. The number of phenolic OH excluding ortho intramolecular Hbond substituents is 1. The highest BCUT2D eigenvalue weighted by molar-refractivity contribution is 5.25. The van der Waals surface area contributed by atoms with E-state index in [1.54, 1.807) is 12.1 Å². The Bertz CT molecular complexity index is 304. The second-order valence-electron chi connectivity index (χ2n) is 4.23. The van der Waals surface area contributed by atoms with E-state index in [9.17, 15) is 5.11 Å². The molecule has 1 unspecified atom stereocenters. The van der Waals surface area contributed by atoms with Crippen LogP contribution in [0, 0.1) is 0 Å². The highest BCUT2D eigenvalue weighted by Crippen LogP contribution is 2.14. The van der Waals surface area contributed by atoms with Gasteiger partial charge in [-0.1, -0.05) is 12.1 Å². The zero-order valence-corrected chi connectivity index (χ0v) is 9.11. The lowest BCUT2D eigenvalue weighted by molar-refractivity contribution is 0.249. The Morgan fingerprint density at radius 2 is 2.13 bits per heavy atom. The molecule has 82 valence electrons. The third kappa shape index (κ3) is 2.70. The zero-order chi connectivity index (χ0) is 10.7. The quantitative estimate of drug-likeness (QED) is 0.779. The van der Waals surface area contributed by atoms with Crippen LogP contribution >= 0.6 is 0 Å². The molecule has 0 radical (unpaired) electrons. The molecule has 0 bridgehead atoms. The average Bonchev–Trinajstić information content (AvgIpc) is 2.74. The largest absolute Gasteiger partial charge is 0.508 e. The van der Waals surface area contributed by atoms with Crippen molar-refractivity contribution in [1.29, 1.82) is 0 Å². The second-order valence-corrected chi connectivity index (χ2v) is 4.23. The topological polar surface area (TPSA) is 35.5 Å². The fraction of sp³-hybridized carbons (Fsp3) is 0.500. The van der Waals surface area contributed by atoms with Gasteiger partial charge in [0.25, 0.3) is 0 Å². The lowest BCUT2D eigenvalue weighted by Crippen LogP contribution is -2.32. The van der Waals surface area contributed by atoms with Crippen LogP contribution in [-0.4, -0.2) is 36.2 Å². The molecule has 1 heterocycles. The molecular weight excluding hydrogens is 188 g/mol. The predicted molar refractivity (Wildman–Crippen MR) is 60.8 cm³/mol. The van der Waals surface area contributed by atoms with Crippen molar-refractivity contribution in [1.82, 2.24) is 10.2 Å². The molecule has 2 N–H and O–H groups in total. The van der Waals surface area contributed by atoms with E-state index in [4.69, 9.17) is 0 Å². The number of hydrogen-bond acceptors (Lipinski definition) is 3. The van der Waals surface area contributed by atoms with Gasteiger partial charge in [0.05, 0.1) is 0 Å². The number of aromatic hydroxyl groups is 1. The van der Waals surface area contributed by atoms with E-state index in [0.717, 1.165) is 19.6 Å². The molecule has 1 saturated heterocycles. The van der Waals surface area contributed by atoms with Crippen molar-refractivity contribution in [2.24, 2.45) is 0 Å². The highest BCUT2D eigenvalue weighted by atomic mass is 16.3. The molecule has 0 amide bonds. The maximum Gasteiger partial charge on any atom is 0.115 e. The van der Waals surface area contributed by atoms with Gasteiger partial charge in [0.15, 0.2) is 0 Å². The molecule has 1 fully saturated rings. The fourth-order valence-corrected chi connectivity index (χ4v) is 2.03. The Balaban J connectivity index is 1.92. The van der Waals surface area contributed by atoms with Gasteiger partial charge in [0.1, 0.15) is 5.75 Å². The van der Waals surface area contributed by atoms with E-state index in [1.165, 1.54) is 12.0 Å². The van der Waals surface area contributed by atoms with Gasteiger partial charge >= 0.3 is 0 Å². The normalized spacial score (nSPS) is 21.1. The highest BCUT2D eigenvalue weighted by Gasteiger charge is 2.18. The summed E-state index contributed by atoms with van der Waals surface area (Å²) in [4.78, 5) is 2.37. The van der Waals surface area contributed by atoms with Gasteiger partial charge in [-0.3, -0.25) is 4.90 Å². The van der Waals surface area contributed by atoms with E-state index in [1.807, 2.05) is 12.1 Å². The second kappa shape index (κ2) is 4.64. The van der Waals surface area contributed by atoms with Crippen LogP contribution in [0.4, 0.5) is 0 Å². The molecule has 3 heteroatoms. The van der Waals surface area contributed by atoms with E-state index in [2.05, 4.69) is 17.3 Å². The van der Waals surface area contributed by atoms with E-state index >= 15 is 0 Å². The maximum absolute atomic E-state index is 9.18. The molecule has 0 aromatic heterocycles. The SMILES string of the molecule is CN(Cc1ccc(O)cc1)C1CCNC1. The van der Waals surface area contributed by atoms with Crippen LogP contribution in [0.5, 0.6) is 5.75 Å². The number of benzene rings is 1. The van der Waals surface area contributed by atoms with Gasteiger partial charge < -0.3 is 10.4 Å². The standard InChI is InChI=1S/C12H18N2O/c1-14(11-6-7-13-8-11)9-10-2-4-12(15)5-3-10/h2-5,11,13,15H,6-9H2,1H3. The first kappa shape index (κ1) is 10.5. The van der Waals surface area contributed by atoms with Crippen molar-refractivity contribution in [3.05, 3.63) is 29.8 Å². The maximum atomic E-state index is 9.18. The summed E-state index contributed by atoms with van der Waals surface area (Å²) in [5.41, 5.74) is 1.25. The Hall–Kier alpha value is -1.06. The summed E-state index contributed by atoms with van der Waals surface area (Å²) in [5.74, 6) is 0.337. The molecule has 15 heavy (non-hydrogen) atoms. The molecule has 3 nitrogen and oxygen atoms in total. The first-order valence-corrected chi connectivity index (χ1v) is 5.44. The van der Waals surface area contributed by atoms with Crippen LogP contribution in [0.3, 0.4) is 0 Å². The van der Waals surface area contributed by atoms with Crippen LogP contribution < -0.4 is 5.32 Å². The number of hydrogen-bond donors (Lipinski definition) is 2. The van der Waals surface area contributed by atoms with E-state index in [0.29, 0.717) is 11.8 Å². The lowest BCUT2D eigenvalue weighted by atomic mass is 10.1. The lowest BCUT2D eigenvalue weighted by Gasteiger charge is -2.23. The number of nitrogens with zero attached hydrogens (tertiary/aromatic N) is 1. The van der Waals surface area contributed by atoms with Crippen molar-refractivity contribution in [2.45, 2.75) is 19.0 Å². The summed E-state index contributed by atoms with van der Waals surface area (Å²) in [6.07, 6.45) is 1.23. The van der Waals surface area contributed by atoms with Gasteiger partial charge in [0.2, 0.25) is 0 Å². The van der Waals surface area contributed by atoms with Crippen molar-refractivity contribution < 1.29 is 5.11 Å². The van der Waals surface area contributed by atoms with Gasteiger partial charge in [-0.05, 0) is 37.7 Å². The monoisotopic (exact) mass is 206 g/mol. The molecular formula is C12H18N2O. The molecule has 1 atom stereocenters. The van der Waals surface area contributed by atoms with Gasteiger partial charge in [-0.25, -0.2) is 0 Å². The molecule has 1 aliphatic rings. The van der Waals surface area contributed by atoms with Crippen molar-refractivity contribution in [3.63, 3.8) is 0 Å². The summed E-state index contributed by atoms with van der Waals surface area (Å²) in [6, 6.07) is 8.10. The summed E-state index contributed by atoms with van der Waals surface area (Å²) >= 11 is 0. The van der Waals surface area contributed by atoms with Crippen molar-refractivity contribution in [2.75, 3.05) is 20.1 Å². The number of nitrogens with one attached hydrogen (secondary N) is 1. The number of rotatable bonds is 3. The summed E-state index contributed by atoms with van der Waals surface area (Å²) < 4.78 is 0. The minimum absolute atomic E-state index is 0.337. The summed E-state index contributed by atoms with van der Waals surface area (Å²) in [5, 5.41) is 12.5. The molecule has 1 aliphatic heterocycles. The van der Waals surface area contributed by atoms with Crippen LogP contribution in [0.2, 0.25) is 0 Å². The Kier molecular flexibility index (Phi) is 3.23. The summed E-state index contributed by atoms with van der Waals surface area (Å²) in [7, 11) is 2.16. The first-order chi connectivity index (χ1) is 7.25.